The second-order valence-electron chi connectivity index (χ2n) is 6.08. The van der Waals surface area contributed by atoms with Gasteiger partial charge >= 0.3 is 6.09 Å². The van der Waals surface area contributed by atoms with E-state index < -0.39 is 6.09 Å². The van der Waals surface area contributed by atoms with Crippen LogP contribution in [0.1, 0.15) is 5.82 Å². The normalized spacial score (nSPS) is 10.4. The predicted octanol–water partition coefficient (Wildman–Crippen LogP) is 4.17. The summed E-state index contributed by atoms with van der Waals surface area (Å²) in [4.78, 5) is 21.0. The van der Waals surface area contributed by atoms with E-state index in [0.717, 1.165) is 34.0 Å². The van der Waals surface area contributed by atoms with Crippen molar-refractivity contribution in [2.75, 3.05) is 21.3 Å². The molecule has 0 saturated carbocycles. The number of amides is 1. The molecule has 0 bridgehead atoms. The standard InChI is InChI=1S/C20H21N3O4S/c1-23(20(24)27-28)12-17-21-18(13-4-8-15(25-2)9-5-13)19(22-17)14-6-10-16(26-3)11-7-14/h4-11,28H,12H2,1-3H3,(H,21,22). The molecule has 0 atom stereocenters. The fraction of sp³-hybridized carbons (Fsp3) is 0.200. The Balaban J connectivity index is 2.02. The fourth-order valence-electron chi connectivity index (χ4n) is 2.78. The zero-order valence-electron chi connectivity index (χ0n) is 15.8. The number of nitrogens with one attached hydrogen (secondary N) is 1. The van der Waals surface area contributed by atoms with Crippen molar-refractivity contribution in [3.63, 3.8) is 0 Å². The number of benzene rings is 2. The predicted molar refractivity (Wildman–Crippen MR) is 109 cm³/mol. The van der Waals surface area contributed by atoms with Crippen LogP contribution in [0.2, 0.25) is 0 Å². The largest absolute Gasteiger partial charge is 0.497 e. The van der Waals surface area contributed by atoms with Crippen LogP contribution in [-0.2, 0) is 10.7 Å². The van der Waals surface area contributed by atoms with Gasteiger partial charge in [0.1, 0.15) is 17.3 Å². The minimum Gasteiger partial charge on any atom is -0.497 e. The molecular formula is C20H21N3O4S. The van der Waals surface area contributed by atoms with Crippen molar-refractivity contribution < 1.29 is 18.5 Å². The van der Waals surface area contributed by atoms with Crippen molar-refractivity contribution in [3.05, 3.63) is 54.4 Å². The molecule has 2 aromatic carbocycles. The molecular weight excluding hydrogens is 378 g/mol. The van der Waals surface area contributed by atoms with E-state index in [9.17, 15) is 4.79 Å². The molecule has 0 aliphatic heterocycles. The summed E-state index contributed by atoms with van der Waals surface area (Å²) in [7, 11) is 4.87. The zero-order valence-corrected chi connectivity index (χ0v) is 16.7. The highest BCUT2D eigenvalue weighted by Crippen LogP contribution is 2.32. The molecule has 146 valence electrons. The average molecular weight is 399 g/mol. The third kappa shape index (κ3) is 4.23. The number of rotatable bonds is 6. The van der Waals surface area contributed by atoms with Crippen LogP contribution >= 0.6 is 12.9 Å². The van der Waals surface area contributed by atoms with E-state index in [4.69, 9.17) is 14.5 Å². The number of nitrogens with zero attached hydrogens (tertiary/aromatic N) is 2. The van der Waals surface area contributed by atoms with Crippen molar-refractivity contribution in [3.8, 4) is 34.0 Å². The summed E-state index contributed by atoms with van der Waals surface area (Å²) >= 11 is 3.55. The van der Waals surface area contributed by atoms with Crippen LogP contribution in [0.4, 0.5) is 4.79 Å². The van der Waals surface area contributed by atoms with Gasteiger partial charge in [0.25, 0.3) is 0 Å². The number of methoxy groups -OCH3 is 2. The van der Waals surface area contributed by atoms with Gasteiger partial charge in [0.05, 0.1) is 32.2 Å². The molecule has 0 unspecified atom stereocenters. The molecule has 0 fully saturated rings. The number of ether oxygens (including phenoxy) is 2. The van der Waals surface area contributed by atoms with Gasteiger partial charge in [-0.15, -0.1) is 0 Å². The Kier molecular flexibility index (Phi) is 6.10. The molecule has 1 heterocycles. The molecule has 1 amide bonds. The summed E-state index contributed by atoms with van der Waals surface area (Å²) in [5, 5.41) is 0. The SMILES string of the molecule is COc1ccc(-c2nc(CN(C)C(=O)OS)[nH]c2-c2ccc(OC)cc2)cc1. The van der Waals surface area contributed by atoms with Crippen LogP contribution in [0, 0.1) is 0 Å². The first kappa shape index (κ1) is 19.6. The van der Waals surface area contributed by atoms with Gasteiger partial charge in [-0.1, -0.05) is 0 Å². The minimum absolute atomic E-state index is 0.249. The molecule has 8 heteroatoms. The van der Waals surface area contributed by atoms with E-state index in [0.29, 0.717) is 5.82 Å². The molecule has 1 aromatic heterocycles. The number of hydrogen-bond acceptors (Lipinski definition) is 6. The summed E-state index contributed by atoms with van der Waals surface area (Å²) in [6, 6.07) is 15.3. The van der Waals surface area contributed by atoms with Gasteiger partial charge in [0.15, 0.2) is 0 Å². The van der Waals surface area contributed by atoms with E-state index in [1.165, 1.54) is 4.90 Å². The maximum absolute atomic E-state index is 11.6. The fourth-order valence-corrected chi connectivity index (χ4v) is 2.92. The van der Waals surface area contributed by atoms with Gasteiger partial charge in [-0.05, 0) is 48.5 Å². The second-order valence-corrected chi connectivity index (χ2v) is 6.26. The van der Waals surface area contributed by atoms with Gasteiger partial charge in [0, 0.05) is 31.1 Å². The van der Waals surface area contributed by atoms with Crippen molar-refractivity contribution in [2.24, 2.45) is 0 Å². The second kappa shape index (κ2) is 8.71. The Morgan fingerprint density at radius 2 is 1.54 bits per heavy atom. The molecule has 28 heavy (non-hydrogen) atoms. The lowest BCUT2D eigenvalue weighted by Crippen LogP contribution is -2.25. The number of thiol groups is 1. The van der Waals surface area contributed by atoms with Crippen LogP contribution < -0.4 is 9.47 Å². The summed E-state index contributed by atoms with van der Waals surface area (Å²) < 4.78 is 14.9. The van der Waals surface area contributed by atoms with Gasteiger partial charge in [-0.25, -0.2) is 9.78 Å². The number of aromatic amines is 1. The Morgan fingerprint density at radius 3 is 2.04 bits per heavy atom. The first-order valence-corrected chi connectivity index (χ1v) is 8.86. The molecule has 3 rings (SSSR count). The van der Waals surface area contributed by atoms with Gasteiger partial charge in [0.2, 0.25) is 0 Å². The molecule has 1 N–H and O–H groups in total. The molecule has 0 saturated heterocycles. The summed E-state index contributed by atoms with van der Waals surface area (Å²) in [6.45, 7) is 0.249. The molecule has 0 radical (unpaired) electrons. The van der Waals surface area contributed by atoms with Crippen molar-refractivity contribution >= 4 is 19.0 Å². The smallest absolute Gasteiger partial charge is 0.421 e. The van der Waals surface area contributed by atoms with Crippen LogP contribution in [0.25, 0.3) is 22.5 Å². The number of hydrogen-bond donors (Lipinski definition) is 2. The highest BCUT2D eigenvalue weighted by molar-refractivity contribution is 7.75. The number of imidazole rings is 1. The quantitative estimate of drug-likeness (QED) is 0.480. The average Bonchev–Trinajstić information content (AvgIpc) is 3.16. The maximum atomic E-state index is 11.6. The van der Waals surface area contributed by atoms with Crippen LogP contribution in [0.15, 0.2) is 48.5 Å². The lowest BCUT2D eigenvalue weighted by molar-refractivity contribution is 0.169. The number of H-pyrrole nitrogens is 1. The summed E-state index contributed by atoms with van der Waals surface area (Å²) in [5.41, 5.74) is 3.49. The lowest BCUT2D eigenvalue weighted by Gasteiger charge is -2.12. The van der Waals surface area contributed by atoms with Crippen LogP contribution in [-0.4, -0.2) is 42.2 Å². The molecule has 3 aromatic rings. The number of carbonyl (C=O) groups is 1. The monoisotopic (exact) mass is 399 g/mol. The van der Waals surface area contributed by atoms with Crippen molar-refractivity contribution in [2.45, 2.75) is 6.54 Å². The maximum Gasteiger partial charge on any atom is 0.421 e. The van der Waals surface area contributed by atoms with Crippen LogP contribution in [0.3, 0.4) is 0 Å². The first-order chi connectivity index (χ1) is 13.5. The molecule has 0 aliphatic carbocycles. The van der Waals surface area contributed by atoms with Gasteiger partial charge < -0.3 is 23.5 Å². The van der Waals surface area contributed by atoms with Gasteiger partial charge in [-0.3, -0.25) is 0 Å². The molecule has 0 spiro atoms. The zero-order chi connectivity index (χ0) is 20.1. The molecule has 0 aliphatic rings. The topological polar surface area (TPSA) is 76.7 Å². The van der Waals surface area contributed by atoms with Gasteiger partial charge in [-0.2, -0.15) is 0 Å². The third-order valence-corrected chi connectivity index (χ3v) is 4.43. The van der Waals surface area contributed by atoms with Crippen LogP contribution in [0.5, 0.6) is 11.5 Å². The number of carbonyl (C=O) groups excluding carboxylic acids is 1. The Labute approximate surface area is 168 Å². The Bertz CT molecular complexity index is 874. The third-order valence-electron chi connectivity index (χ3n) is 4.27. The van der Waals surface area contributed by atoms with E-state index in [-0.39, 0.29) is 6.54 Å². The highest BCUT2D eigenvalue weighted by Gasteiger charge is 2.17. The lowest BCUT2D eigenvalue weighted by atomic mass is 10.0. The Morgan fingerprint density at radius 1 is 1.00 bits per heavy atom. The first-order valence-electron chi connectivity index (χ1n) is 8.50. The van der Waals surface area contributed by atoms with E-state index in [1.807, 2.05) is 48.5 Å². The van der Waals surface area contributed by atoms with Crippen molar-refractivity contribution in [1.29, 1.82) is 0 Å². The Hall–Kier alpha value is -3.13. The highest BCUT2D eigenvalue weighted by atomic mass is 32.1. The van der Waals surface area contributed by atoms with E-state index in [2.05, 4.69) is 22.1 Å². The van der Waals surface area contributed by atoms with E-state index in [1.54, 1.807) is 21.3 Å². The number of aromatic nitrogens is 2. The van der Waals surface area contributed by atoms with E-state index >= 15 is 0 Å². The molecule has 7 nitrogen and oxygen atoms in total. The van der Waals surface area contributed by atoms with Crippen molar-refractivity contribution in [1.82, 2.24) is 14.9 Å². The summed E-state index contributed by atoms with van der Waals surface area (Å²) in [6.07, 6.45) is -0.559. The summed E-state index contributed by atoms with van der Waals surface area (Å²) in [5.74, 6) is 2.16. The minimum atomic E-state index is -0.559.